The highest BCUT2D eigenvalue weighted by molar-refractivity contribution is 7.16. The summed E-state index contributed by atoms with van der Waals surface area (Å²) in [6.45, 7) is 3.82. The van der Waals surface area contributed by atoms with E-state index in [0.29, 0.717) is 13.2 Å². The van der Waals surface area contributed by atoms with Gasteiger partial charge in [0, 0.05) is 11.4 Å². The van der Waals surface area contributed by atoms with E-state index in [2.05, 4.69) is 10.2 Å². The first kappa shape index (κ1) is 17.7. The predicted octanol–water partition coefficient (Wildman–Crippen LogP) is 3.83. The normalized spacial score (nSPS) is 20.7. The Labute approximate surface area is 152 Å². The monoisotopic (exact) mass is 369 g/mol. The molecular weight excluding hydrogens is 346 g/mol. The second kappa shape index (κ2) is 7.42. The Bertz CT molecular complexity index is 611. The van der Waals surface area contributed by atoms with Crippen LogP contribution in [-0.2, 0) is 11.3 Å². The lowest BCUT2D eigenvalue weighted by Crippen LogP contribution is -2.47. The van der Waals surface area contributed by atoms with Gasteiger partial charge in [-0.05, 0) is 31.5 Å². The lowest BCUT2D eigenvalue weighted by atomic mass is 9.90. The molecule has 3 amide bonds. The zero-order valence-corrected chi connectivity index (χ0v) is 15.6. The van der Waals surface area contributed by atoms with Crippen LogP contribution in [0.4, 0.5) is 4.79 Å². The van der Waals surface area contributed by atoms with Gasteiger partial charge in [-0.3, -0.25) is 9.69 Å². The second-order valence-corrected chi connectivity index (χ2v) is 8.45. The summed E-state index contributed by atoms with van der Waals surface area (Å²) in [5, 5.41) is 3.00. The van der Waals surface area contributed by atoms with E-state index in [9.17, 15) is 9.59 Å². The van der Waals surface area contributed by atoms with E-state index in [1.807, 2.05) is 19.1 Å². The molecule has 0 bridgehead atoms. The molecule has 1 aromatic heterocycles. The SMILES string of the molecule is CCN(Cc1ccc(Cl)s1)CN1C(=O)NC2(CCCCCC2)C1=O. The van der Waals surface area contributed by atoms with E-state index in [4.69, 9.17) is 11.6 Å². The van der Waals surface area contributed by atoms with Crippen molar-refractivity contribution in [3.8, 4) is 0 Å². The van der Waals surface area contributed by atoms with Gasteiger partial charge in [-0.1, -0.05) is 44.2 Å². The Morgan fingerprint density at radius 3 is 2.54 bits per heavy atom. The highest BCUT2D eigenvalue weighted by Crippen LogP contribution is 2.33. The number of urea groups is 1. The number of imide groups is 1. The fourth-order valence-corrected chi connectivity index (χ4v) is 4.72. The van der Waals surface area contributed by atoms with E-state index in [1.54, 1.807) is 0 Å². The summed E-state index contributed by atoms with van der Waals surface area (Å²) in [6, 6.07) is 3.63. The highest BCUT2D eigenvalue weighted by atomic mass is 35.5. The van der Waals surface area contributed by atoms with Gasteiger partial charge in [0.1, 0.15) is 5.54 Å². The summed E-state index contributed by atoms with van der Waals surface area (Å²) in [4.78, 5) is 30.0. The topological polar surface area (TPSA) is 52.6 Å². The maximum atomic E-state index is 13.0. The van der Waals surface area contributed by atoms with Gasteiger partial charge in [-0.15, -0.1) is 11.3 Å². The molecule has 0 aromatic carbocycles. The molecule has 2 aliphatic rings. The molecule has 3 rings (SSSR count). The Morgan fingerprint density at radius 1 is 1.25 bits per heavy atom. The van der Waals surface area contributed by atoms with Crippen molar-refractivity contribution in [2.24, 2.45) is 0 Å². The number of nitrogens with one attached hydrogen (secondary N) is 1. The lowest BCUT2D eigenvalue weighted by Gasteiger charge is -2.27. The van der Waals surface area contributed by atoms with Crippen molar-refractivity contribution in [2.75, 3.05) is 13.2 Å². The molecule has 2 heterocycles. The fraction of sp³-hybridized carbons (Fsp3) is 0.647. The van der Waals surface area contributed by atoms with Gasteiger partial charge < -0.3 is 5.32 Å². The van der Waals surface area contributed by atoms with Crippen LogP contribution < -0.4 is 5.32 Å². The minimum atomic E-state index is -0.654. The third-order valence-electron chi connectivity index (χ3n) is 5.00. The van der Waals surface area contributed by atoms with Crippen molar-refractivity contribution in [2.45, 2.75) is 57.5 Å². The molecule has 1 aliphatic carbocycles. The summed E-state index contributed by atoms with van der Waals surface area (Å²) in [5.74, 6) is -0.0444. The number of carbonyl (C=O) groups is 2. The first-order chi connectivity index (χ1) is 11.5. The maximum Gasteiger partial charge on any atom is 0.326 e. The molecule has 0 unspecified atom stereocenters. The van der Waals surface area contributed by atoms with Gasteiger partial charge in [0.2, 0.25) is 0 Å². The molecule has 1 N–H and O–H groups in total. The third-order valence-corrected chi connectivity index (χ3v) is 6.22. The largest absolute Gasteiger partial charge is 0.326 e. The van der Waals surface area contributed by atoms with Gasteiger partial charge in [-0.25, -0.2) is 9.69 Å². The van der Waals surface area contributed by atoms with E-state index >= 15 is 0 Å². The van der Waals surface area contributed by atoms with Gasteiger partial charge in [0.15, 0.2) is 0 Å². The summed E-state index contributed by atoms with van der Waals surface area (Å²) in [7, 11) is 0. The average Bonchev–Trinajstić information content (AvgIpc) is 2.94. The van der Waals surface area contributed by atoms with Crippen molar-refractivity contribution in [3.63, 3.8) is 0 Å². The number of hydrogen-bond donors (Lipinski definition) is 1. The molecule has 132 valence electrons. The molecule has 1 saturated heterocycles. The summed E-state index contributed by atoms with van der Waals surface area (Å²) < 4.78 is 0.758. The van der Waals surface area contributed by atoms with E-state index < -0.39 is 5.54 Å². The number of rotatable bonds is 5. The maximum absolute atomic E-state index is 13.0. The standard InChI is InChI=1S/C17H24ClN3O2S/c1-2-20(11-13-7-8-14(18)24-13)12-21-15(22)17(19-16(21)23)9-5-3-4-6-10-17/h7-8H,2-6,9-12H2,1H3,(H,19,23). The minimum absolute atomic E-state index is 0.0444. The Morgan fingerprint density at radius 2 is 1.96 bits per heavy atom. The fourth-order valence-electron chi connectivity index (χ4n) is 3.59. The van der Waals surface area contributed by atoms with Crippen LogP contribution in [0.1, 0.15) is 50.3 Å². The van der Waals surface area contributed by atoms with Crippen molar-refractivity contribution >= 4 is 34.9 Å². The van der Waals surface area contributed by atoms with Gasteiger partial charge in [0.25, 0.3) is 5.91 Å². The zero-order chi connectivity index (χ0) is 17.2. The molecular formula is C17H24ClN3O2S. The van der Waals surface area contributed by atoms with Crippen molar-refractivity contribution < 1.29 is 9.59 Å². The molecule has 2 fully saturated rings. The van der Waals surface area contributed by atoms with Gasteiger partial charge in [-0.2, -0.15) is 0 Å². The molecule has 1 spiro atoms. The lowest BCUT2D eigenvalue weighted by molar-refractivity contribution is -0.133. The Kier molecular flexibility index (Phi) is 5.47. The van der Waals surface area contributed by atoms with Crippen LogP contribution in [0.25, 0.3) is 0 Å². The van der Waals surface area contributed by atoms with E-state index in [0.717, 1.165) is 54.3 Å². The number of carbonyl (C=O) groups excluding carboxylic acids is 2. The average molecular weight is 370 g/mol. The first-order valence-electron chi connectivity index (χ1n) is 8.65. The molecule has 1 aliphatic heterocycles. The van der Waals surface area contributed by atoms with Crippen molar-refractivity contribution in [1.29, 1.82) is 0 Å². The van der Waals surface area contributed by atoms with Crippen LogP contribution in [0, 0.1) is 0 Å². The highest BCUT2D eigenvalue weighted by Gasteiger charge is 2.50. The summed E-state index contributed by atoms with van der Waals surface area (Å²) in [6.07, 6.45) is 5.83. The van der Waals surface area contributed by atoms with Crippen LogP contribution >= 0.6 is 22.9 Å². The number of hydrogen-bond acceptors (Lipinski definition) is 4. The molecule has 0 atom stereocenters. The van der Waals surface area contributed by atoms with Crippen LogP contribution in [0.3, 0.4) is 0 Å². The van der Waals surface area contributed by atoms with E-state index in [-0.39, 0.29) is 11.9 Å². The third kappa shape index (κ3) is 3.60. The van der Waals surface area contributed by atoms with Crippen LogP contribution in [-0.4, -0.2) is 40.5 Å². The second-order valence-electron chi connectivity index (χ2n) is 6.65. The van der Waals surface area contributed by atoms with Gasteiger partial charge >= 0.3 is 6.03 Å². The van der Waals surface area contributed by atoms with Crippen LogP contribution in [0.15, 0.2) is 12.1 Å². The Balaban J connectivity index is 1.69. The molecule has 5 nitrogen and oxygen atoms in total. The first-order valence-corrected chi connectivity index (χ1v) is 9.84. The van der Waals surface area contributed by atoms with E-state index in [1.165, 1.54) is 16.2 Å². The van der Waals surface area contributed by atoms with Crippen LogP contribution in [0.5, 0.6) is 0 Å². The molecule has 0 radical (unpaired) electrons. The molecule has 7 heteroatoms. The smallest absolute Gasteiger partial charge is 0.323 e. The minimum Gasteiger partial charge on any atom is -0.323 e. The number of nitrogens with zero attached hydrogens (tertiary/aromatic N) is 2. The molecule has 1 aromatic rings. The number of thiophene rings is 1. The van der Waals surface area contributed by atoms with Gasteiger partial charge in [0.05, 0.1) is 11.0 Å². The van der Waals surface area contributed by atoms with Crippen molar-refractivity contribution in [1.82, 2.24) is 15.1 Å². The zero-order valence-electron chi connectivity index (χ0n) is 14.0. The van der Waals surface area contributed by atoms with Crippen LogP contribution in [0.2, 0.25) is 4.34 Å². The molecule has 24 heavy (non-hydrogen) atoms. The quantitative estimate of drug-likeness (QED) is 0.802. The molecule has 1 saturated carbocycles. The number of halogens is 1. The number of amides is 3. The Hall–Kier alpha value is -1.11. The van der Waals surface area contributed by atoms with Crippen molar-refractivity contribution in [3.05, 3.63) is 21.3 Å². The summed E-state index contributed by atoms with van der Waals surface area (Å²) >= 11 is 7.52. The predicted molar refractivity (Wildman–Crippen MR) is 96.1 cm³/mol. The summed E-state index contributed by atoms with van der Waals surface area (Å²) in [5.41, 5.74) is -0.654.